The van der Waals surface area contributed by atoms with Gasteiger partial charge < -0.3 is 4.90 Å². The molecule has 0 N–H and O–H groups in total. The van der Waals surface area contributed by atoms with Crippen molar-refractivity contribution in [2.45, 2.75) is 26.2 Å². The predicted molar refractivity (Wildman–Crippen MR) is 152 cm³/mol. The molecule has 0 bridgehead atoms. The van der Waals surface area contributed by atoms with Gasteiger partial charge in [-0.05, 0) is 48.6 Å². The van der Waals surface area contributed by atoms with Gasteiger partial charge in [0.2, 0.25) is 0 Å². The van der Waals surface area contributed by atoms with Gasteiger partial charge in [0.05, 0.1) is 0 Å². The number of benzene rings is 3. The monoisotopic (exact) mass is 502 g/mol. The van der Waals surface area contributed by atoms with E-state index in [1.54, 1.807) is 6.20 Å². The molecule has 0 aliphatic carbocycles. The maximum absolute atomic E-state index is 14.2. The lowest BCUT2D eigenvalue weighted by Crippen LogP contribution is -2.51. The van der Waals surface area contributed by atoms with Gasteiger partial charge in [0.1, 0.15) is 0 Å². The van der Waals surface area contributed by atoms with E-state index < -0.39 is 0 Å². The molecule has 4 aromatic rings. The zero-order valence-electron chi connectivity index (χ0n) is 22.1. The quantitative estimate of drug-likeness (QED) is 0.264. The molecule has 0 radical (unpaired) electrons. The molecule has 0 saturated carbocycles. The Morgan fingerprint density at radius 3 is 1.92 bits per heavy atom. The topological polar surface area (TPSA) is 50.3 Å². The third-order valence-corrected chi connectivity index (χ3v) is 8.01. The van der Waals surface area contributed by atoms with Gasteiger partial charge in [-0.2, -0.15) is 0 Å². The Kier molecular flexibility index (Phi) is 7.90. The van der Waals surface area contributed by atoms with Gasteiger partial charge in [-0.15, -0.1) is 0 Å². The zero-order chi connectivity index (χ0) is 26.5. The average Bonchev–Trinajstić information content (AvgIpc) is 2.98. The molecule has 1 saturated heterocycles. The van der Waals surface area contributed by atoms with Gasteiger partial charge >= 0.3 is 0 Å². The summed E-state index contributed by atoms with van der Waals surface area (Å²) in [4.78, 5) is 34.9. The normalized spacial score (nSPS) is 19.7. The lowest BCUT2D eigenvalue weighted by molar-refractivity contribution is 0.0575. The number of piperidine rings is 1. The number of nitrogens with zero attached hydrogens (tertiary/aromatic N) is 2. The van der Waals surface area contributed by atoms with Crippen molar-refractivity contribution in [2.24, 2.45) is 11.8 Å². The molecule has 3 atom stereocenters. The van der Waals surface area contributed by atoms with Crippen LogP contribution in [0.1, 0.15) is 48.9 Å². The van der Waals surface area contributed by atoms with Crippen molar-refractivity contribution >= 4 is 11.6 Å². The summed E-state index contributed by atoms with van der Waals surface area (Å²) in [6.45, 7) is 6.22. The van der Waals surface area contributed by atoms with Crippen LogP contribution in [0, 0.1) is 25.7 Å². The number of aromatic nitrogens is 1. The Bertz CT molecular complexity index is 1320. The number of aryl methyl sites for hydroxylation is 1. The highest BCUT2D eigenvalue weighted by atomic mass is 16.1. The summed E-state index contributed by atoms with van der Waals surface area (Å²) in [5, 5.41) is 0. The third-order valence-electron chi connectivity index (χ3n) is 8.01. The fourth-order valence-electron chi connectivity index (χ4n) is 5.85. The maximum Gasteiger partial charge on any atom is 0.167 e. The van der Waals surface area contributed by atoms with Crippen LogP contribution in [-0.2, 0) is 6.42 Å². The summed E-state index contributed by atoms with van der Waals surface area (Å²) in [6.07, 6.45) is 4.49. The Balaban J connectivity index is 1.58. The van der Waals surface area contributed by atoms with E-state index in [-0.39, 0.29) is 29.3 Å². The molecule has 1 aliphatic heterocycles. The van der Waals surface area contributed by atoms with E-state index in [1.165, 1.54) is 5.56 Å². The second kappa shape index (κ2) is 11.7. The summed E-state index contributed by atoms with van der Waals surface area (Å²) in [5.41, 5.74) is 6.01. The molecule has 2 heterocycles. The first-order valence-corrected chi connectivity index (χ1v) is 13.4. The molecule has 1 aromatic heterocycles. The van der Waals surface area contributed by atoms with Crippen LogP contribution < -0.4 is 0 Å². The zero-order valence-corrected chi connectivity index (χ0v) is 22.1. The third kappa shape index (κ3) is 5.51. The van der Waals surface area contributed by atoms with Crippen molar-refractivity contribution in [2.75, 3.05) is 19.6 Å². The Hall–Kier alpha value is -3.89. The second-order valence-corrected chi connectivity index (χ2v) is 10.4. The van der Waals surface area contributed by atoms with E-state index >= 15 is 0 Å². The molecule has 1 fully saturated rings. The van der Waals surface area contributed by atoms with E-state index in [9.17, 15) is 9.59 Å². The van der Waals surface area contributed by atoms with Crippen molar-refractivity contribution in [3.05, 3.63) is 137 Å². The van der Waals surface area contributed by atoms with Gasteiger partial charge in [-0.25, -0.2) is 0 Å². The lowest BCUT2D eigenvalue weighted by Gasteiger charge is -2.43. The average molecular weight is 503 g/mol. The largest absolute Gasteiger partial charge is 0.301 e. The summed E-state index contributed by atoms with van der Waals surface area (Å²) in [6, 6.07) is 29.4. The number of rotatable bonds is 8. The van der Waals surface area contributed by atoms with Crippen LogP contribution >= 0.6 is 0 Å². The maximum atomic E-state index is 14.2. The van der Waals surface area contributed by atoms with E-state index in [4.69, 9.17) is 0 Å². The molecule has 192 valence electrons. The molecule has 3 aromatic carbocycles. The van der Waals surface area contributed by atoms with Gasteiger partial charge in [0, 0.05) is 60.9 Å². The van der Waals surface area contributed by atoms with Crippen molar-refractivity contribution in [3.8, 4) is 0 Å². The first-order valence-electron chi connectivity index (χ1n) is 13.4. The fourth-order valence-corrected chi connectivity index (χ4v) is 5.85. The Morgan fingerprint density at radius 1 is 0.763 bits per heavy atom. The molecular weight excluding hydrogens is 468 g/mol. The van der Waals surface area contributed by atoms with Crippen LogP contribution in [0.15, 0.2) is 103 Å². The molecule has 0 unspecified atom stereocenters. The standard InChI is InChI=1S/C34H34N2O2/c1-24-11-9-17-29(25(24)2)32-30(33(37)27-13-5-3-6-14-27)22-36(20-18-26-12-10-19-35-21-26)23-31(32)34(38)28-15-7-4-8-16-28/h3-17,19,21,30-32H,18,20,22-23H2,1-2H3/t30-,31+,32+. The number of hydrogen-bond donors (Lipinski definition) is 0. The van der Waals surface area contributed by atoms with E-state index in [0.29, 0.717) is 24.2 Å². The van der Waals surface area contributed by atoms with E-state index in [2.05, 4.69) is 48.0 Å². The van der Waals surface area contributed by atoms with Gasteiger partial charge in [0.25, 0.3) is 0 Å². The van der Waals surface area contributed by atoms with Crippen LogP contribution in [0.2, 0.25) is 0 Å². The molecule has 4 nitrogen and oxygen atoms in total. The fraction of sp³-hybridized carbons (Fsp3) is 0.265. The SMILES string of the molecule is Cc1cccc([C@@H]2[C@@H](C(=O)c3ccccc3)CN(CCc3cccnc3)C[C@H]2C(=O)c2ccccc2)c1C. The predicted octanol–water partition coefficient (Wildman–Crippen LogP) is 6.34. The van der Waals surface area contributed by atoms with Crippen molar-refractivity contribution in [3.63, 3.8) is 0 Å². The van der Waals surface area contributed by atoms with Gasteiger partial charge in [-0.3, -0.25) is 14.6 Å². The van der Waals surface area contributed by atoms with Crippen molar-refractivity contribution in [1.29, 1.82) is 0 Å². The van der Waals surface area contributed by atoms with Crippen molar-refractivity contribution < 1.29 is 9.59 Å². The minimum atomic E-state index is -0.335. The first-order chi connectivity index (χ1) is 18.5. The van der Waals surface area contributed by atoms with Crippen LogP contribution in [0.4, 0.5) is 0 Å². The van der Waals surface area contributed by atoms with Crippen LogP contribution in [0.3, 0.4) is 0 Å². The summed E-state index contributed by atoms with van der Waals surface area (Å²) >= 11 is 0. The highest BCUT2D eigenvalue weighted by molar-refractivity contribution is 6.02. The lowest BCUT2D eigenvalue weighted by atomic mass is 9.67. The van der Waals surface area contributed by atoms with Gasteiger partial charge in [-0.1, -0.05) is 84.9 Å². The minimum Gasteiger partial charge on any atom is -0.301 e. The molecular formula is C34H34N2O2. The summed E-state index contributed by atoms with van der Waals surface area (Å²) < 4.78 is 0. The Morgan fingerprint density at radius 2 is 1.37 bits per heavy atom. The molecule has 4 heteroatoms. The van der Waals surface area contributed by atoms with Crippen LogP contribution in [0.5, 0.6) is 0 Å². The number of hydrogen-bond acceptors (Lipinski definition) is 4. The number of carbonyl (C=O) groups excluding carboxylic acids is 2. The smallest absolute Gasteiger partial charge is 0.167 e. The molecule has 5 rings (SSSR count). The molecule has 38 heavy (non-hydrogen) atoms. The number of Topliss-reactive ketones (excluding diaryl/α,β-unsaturated/α-hetero) is 2. The van der Waals surface area contributed by atoms with Crippen LogP contribution in [-0.4, -0.2) is 41.1 Å². The summed E-state index contributed by atoms with van der Waals surface area (Å²) in [7, 11) is 0. The highest BCUT2D eigenvalue weighted by Crippen LogP contribution is 2.42. The second-order valence-electron chi connectivity index (χ2n) is 10.4. The number of carbonyl (C=O) groups is 2. The molecule has 0 spiro atoms. The molecule has 1 aliphatic rings. The van der Waals surface area contributed by atoms with Gasteiger partial charge in [0.15, 0.2) is 11.6 Å². The number of likely N-dealkylation sites (tertiary alicyclic amines) is 1. The highest BCUT2D eigenvalue weighted by Gasteiger charge is 2.45. The summed E-state index contributed by atoms with van der Waals surface area (Å²) in [5.74, 6) is -0.664. The number of pyridine rings is 1. The molecule has 0 amide bonds. The van der Waals surface area contributed by atoms with E-state index in [1.807, 2.05) is 72.9 Å². The van der Waals surface area contributed by atoms with E-state index in [0.717, 1.165) is 29.7 Å². The minimum absolute atomic E-state index is 0.105. The first kappa shape index (κ1) is 25.7. The van der Waals surface area contributed by atoms with Crippen LogP contribution in [0.25, 0.3) is 0 Å². The number of ketones is 2. The van der Waals surface area contributed by atoms with Crippen molar-refractivity contribution in [1.82, 2.24) is 9.88 Å². The Labute approximate surface area is 225 Å².